The zero-order chi connectivity index (χ0) is 16.8. The van der Waals surface area contributed by atoms with Crippen LogP contribution in [-0.4, -0.2) is 29.1 Å². The third kappa shape index (κ3) is 1.95. The number of pyridine rings is 1. The molecule has 3 heterocycles. The van der Waals surface area contributed by atoms with Crippen molar-refractivity contribution in [1.82, 2.24) is 24.1 Å². The summed E-state index contributed by atoms with van der Waals surface area (Å²) >= 11 is 0. The van der Waals surface area contributed by atoms with Crippen LogP contribution in [-0.2, 0) is 0 Å². The summed E-state index contributed by atoms with van der Waals surface area (Å²) in [5.74, 6) is 0.398. The van der Waals surface area contributed by atoms with Gasteiger partial charge in [-0.15, -0.1) is 0 Å². The Bertz CT molecular complexity index is 1180. The summed E-state index contributed by atoms with van der Waals surface area (Å²) in [7, 11) is 0. The van der Waals surface area contributed by atoms with Gasteiger partial charge in [-0.1, -0.05) is 6.07 Å². The molecule has 0 atom stereocenters. The summed E-state index contributed by atoms with van der Waals surface area (Å²) in [4.78, 5) is 31.5. The molecule has 0 aliphatic heterocycles. The lowest BCUT2D eigenvalue weighted by Gasteiger charge is -2.11. The molecule has 24 heavy (non-hydrogen) atoms. The number of aryl methyl sites for hydroxylation is 1. The lowest BCUT2D eigenvalue weighted by atomic mass is 10.2. The second kappa shape index (κ2) is 4.95. The highest BCUT2D eigenvalue weighted by Gasteiger charge is 2.14. The molecule has 0 amide bonds. The molecule has 1 aromatic carbocycles. The van der Waals surface area contributed by atoms with E-state index in [0.717, 1.165) is 0 Å². The van der Waals surface area contributed by atoms with E-state index in [1.54, 1.807) is 25.1 Å². The molecule has 4 aromatic rings. The van der Waals surface area contributed by atoms with Crippen molar-refractivity contribution in [2.75, 3.05) is 0 Å². The highest BCUT2D eigenvalue weighted by Crippen LogP contribution is 2.19. The Labute approximate surface area is 134 Å². The van der Waals surface area contributed by atoms with Crippen LogP contribution in [0.15, 0.2) is 47.7 Å². The molecule has 0 aliphatic rings. The molecule has 0 N–H and O–H groups in total. The van der Waals surface area contributed by atoms with E-state index in [1.165, 1.54) is 33.7 Å². The number of non-ortho nitro benzene ring substituents is 1. The molecule has 0 fully saturated rings. The van der Waals surface area contributed by atoms with E-state index in [1.807, 2.05) is 0 Å². The Morgan fingerprint density at radius 3 is 2.83 bits per heavy atom. The largest absolute Gasteiger partial charge is 0.281 e. The first-order valence-corrected chi connectivity index (χ1v) is 7.02. The van der Waals surface area contributed by atoms with Gasteiger partial charge >= 0.3 is 0 Å². The van der Waals surface area contributed by atoms with Gasteiger partial charge in [-0.05, 0) is 19.1 Å². The fraction of sp³-hybridized carbons (Fsp3) is 0.0667. The third-order valence-corrected chi connectivity index (χ3v) is 3.77. The average Bonchev–Trinajstić information content (AvgIpc) is 3.04. The third-order valence-electron chi connectivity index (χ3n) is 3.77. The van der Waals surface area contributed by atoms with Crippen molar-refractivity contribution in [1.29, 1.82) is 0 Å². The van der Waals surface area contributed by atoms with Crippen molar-refractivity contribution in [2.45, 2.75) is 6.92 Å². The van der Waals surface area contributed by atoms with Crippen molar-refractivity contribution in [3.63, 3.8) is 0 Å². The second-order valence-electron chi connectivity index (χ2n) is 5.23. The molecule has 0 spiro atoms. The Balaban J connectivity index is 2.06. The maximum absolute atomic E-state index is 12.9. The minimum atomic E-state index is -0.495. The van der Waals surface area contributed by atoms with E-state index in [4.69, 9.17) is 0 Å². The van der Waals surface area contributed by atoms with E-state index >= 15 is 0 Å². The molecule has 118 valence electrons. The fourth-order valence-corrected chi connectivity index (χ4v) is 2.71. The lowest BCUT2D eigenvalue weighted by molar-refractivity contribution is -0.384. The first kappa shape index (κ1) is 14.0. The molecular weight excluding hydrogens is 312 g/mol. The van der Waals surface area contributed by atoms with Crippen molar-refractivity contribution in [2.24, 2.45) is 0 Å². The zero-order valence-electron chi connectivity index (χ0n) is 12.4. The van der Waals surface area contributed by atoms with Gasteiger partial charge in [-0.3, -0.25) is 19.5 Å². The summed E-state index contributed by atoms with van der Waals surface area (Å²) in [6, 6.07) is 7.71. The lowest BCUT2D eigenvalue weighted by Crippen LogP contribution is -2.21. The van der Waals surface area contributed by atoms with Crippen LogP contribution in [0.1, 0.15) is 5.69 Å². The van der Waals surface area contributed by atoms with E-state index in [9.17, 15) is 14.9 Å². The predicted molar refractivity (Wildman–Crippen MR) is 85.3 cm³/mol. The molecule has 0 bridgehead atoms. The van der Waals surface area contributed by atoms with Gasteiger partial charge in [0.25, 0.3) is 17.0 Å². The fourth-order valence-electron chi connectivity index (χ4n) is 2.71. The topological polar surface area (TPSA) is 108 Å². The van der Waals surface area contributed by atoms with Gasteiger partial charge in [0.05, 0.1) is 21.5 Å². The number of nitro groups is 1. The summed E-state index contributed by atoms with van der Waals surface area (Å²) in [6.45, 7) is 1.75. The SMILES string of the molecule is Cc1cc2c(cnc3ncnn32)c(=O)n1-c1cccc([N+](=O)[O-])c1. The number of rotatable bonds is 2. The van der Waals surface area contributed by atoms with Gasteiger partial charge in [-0.2, -0.15) is 14.6 Å². The Kier molecular flexibility index (Phi) is 2.89. The molecule has 0 radical (unpaired) electrons. The van der Waals surface area contributed by atoms with Crippen molar-refractivity contribution in [3.05, 3.63) is 69.0 Å². The van der Waals surface area contributed by atoms with E-state index in [-0.39, 0.29) is 11.2 Å². The minimum absolute atomic E-state index is 0.0799. The molecule has 0 saturated carbocycles. The van der Waals surface area contributed by atoms with Crippen LogP contribution in [0.3, 0.4) is 0 Å². The second-order valence-corrected chi connectivity index (χ2v) is 5.23. The van der Waals surface area contributed by atoms with Crippen LogP contribution in [0.2, 0.25) is 0 Å². The summed E-state index contributed by atoms with van der Waals surface area (Å²) in [6.07, 6.45) is 2.80. The number of hydrogen-bond donors (Lipinski definition) is 0. The Hall–Kier alpha value is -3.62. The maximum atomic E-state index is 12.9. The number of benzene rings is 1. The van der Waals surface area contributed by atoms with Gasteiger partial charge in [0.15, 0.2) is 0 Å². The van der Waals surface area contributed by atoms with Gasteiger partial charge in [0.2, 0.25) is 0 Å². The molecule has 0 aliphatic carbocycles. The highest BCUT2D eigenvalue weighted by atomic mass is 16.6. The number of nitro benzene ring substituents is 1. The van der Waals surface area contributed by atoms with Crippen LogP contribution >= 0.6 is 0 Å². The van der Waals surface area contributed by atoms with E-state index in [2.05, 4.69) is 15.1 Å². The van der Waals surface area contributed by atoms with Gasteiger partial charge in [-0.25, -0.2) is 4.98 Å². The Morgan fingerprint density at radius 2 is 2.04 bits per heavy atom. The minimum Gasteiger partial charge on any atom is -0.281 e. The number of hydrogen-bond acceptors (Lipinski definition) is 6. The highest BCUT2D eigenvalue weighted by molar-refractivity contribution is 5.79. The van der Waals surface area contributed by atoms with Crippen molar-refractivity contribution >= 4 is 22.4 Å². The molecule has 4 rings (SSSR count). The number of fused-ring (bicyclic) bond motifs is 3. The summed E-state index contributed by atoms with van der Waals surface area (Å²) in [5, 5.41) is 15.4. The van der Waals surface area contributed by atoms with E-state index < -0.39 is 4.92 Å². The average molecular weight is 322 g/mol. The van der Waals surface area contributed by atoms with Crippen LogP contribution in [0.5, 0.6) is 0 Å². The number of aromatic nitrogens is 5. The van der Waals surface area contributed by atoms with Crippen molar-refractivity contribution in [3.8, 4) is 5.69 Å². The first-order chi connectivity index (χ1) is 11.6. The summed E-state index contributed by atoms with van der Waals surface area (Å²) < 4.78 is 2.90. The van der Waals surface area contributed by atoms with Crippen LogP contribution in [0.4, 0.5) is 5.69 Å². The van der Waals surface area contributed by atoms with Gasteiger partial charge < -0.3 is 0 Å². The maximum Gasteiger partial charge on any atom is 0.271 e. The van der Waals surface area contributed by atoms with Crippen LogP contribution in [0, 0.1) is 17.0 Å². The van der Waals surface area contributed by atoms with Crippen LogP contribution in [0.25, 0.3) is 22.4 Å². The number of nitrogens with zero attached hydrogens (tertiary/aromatic N) is 6. The quantitative estimate of drug-likeness (QED) is 0.410. The van der Waals surface area contributed by atoms with Crippen LogP contribution < -0.4 is 5.56 Å². The zero-order valence-corrected chi connectivity index (χ0v) is 12.4. The normalized spacial score (nSPS) is 11.2. The molecule has 0 unspecified atom stereocenters. The molecule has 3 aromatic heterocycles. The van der Waals surface area contributed by atoms with Gasteiger partial charge in [0, 0.05) is 24.0 Å². The standard InChI is InChI=1S/C15H10N6O3/c1-9-5-13-12(7-16-15-17-8-18-20(13)15)14(22)19(9)10-3-2-4-11(6-10)21(23)24/h2-8H,1H3. The molecule has 9 nitrogen and oxygen atoms in total. The summed E-state index contributed by atoms with van der Waals surface area (Å²) in [5.41, 5.74) is 1.23. The molecular formula is C15H10N6O3. The van der Waals surface area contributed by atoms with Crippen molar-refractivity contribution < 1.29 is 4.92 Å². The van der Waals surface area contributed by atoms with E-state index in [0.29, 0.717) is 28.1 Å². The monoisotopic (exact) mass is 322 g/mol. The first-order valence-electron chi connectivity index (χ1n) is 7.02. The van der Waals surface area contributed by atoms with Gasteiger partial charge in [0.1, 0.15) is 6.33 Å². The Morgan fingerprint density at radius 1 is 1.21 bits per heavy atom. The smallest absolute Gasteiger partial charge is 0.271 e. The molecule has 9 heteroatoms. The predicted octanol–water partition coefficient (Wildman–Crippen LogP) is 1.65. The molecule has 0 saturated heterocycles.